The van der Waals surface area contributed by atoms with Crippen molar-refractivity contribution in [3.63, 3.8) is 0 Å². The van der Waals surface area contributed by atoms with Gasteiger partial charge in [-0.05, 0) is 23.6 Å². The maximum Gasteiger partial charge on any atom is 0.324 e. The van der Waals surface area contributed by atoms with Gasteiger partial charge in [-0.15, -0.1) is 0 Å². The maximum atomic E-state index is 13.9. The second kappa shape index (κ2) is 7.42. The number of rotatable bonds is 3. The molecule has 0 bridgehead atoms. The van der Waals surface area contributed by atoms with Crippen molar-refractivity contribution < 1.29 is 18.8 Å². The Balaban J connectivity index is 1.50. The molecule has 0 aromatic heterocycles. The minimum absolute atomic E-state index is 0.0393. The standard InChI is InChI=1S/C21H20FN3O3/c22-18-8-4-3-7-16(18)13-25-20(27)17(11-23-21(25)28)19(26)24-10-9-14-5-1-2-6-15(14)12-24/h1-8,17H,9-13H2,(H,23,28). The van der Waals surface area contributed by atoms with Gasteiger partial charge < -0.3 is 10.2 Å². The van der Waals surface area contributed by atoms with E-state index >= 15 is 0 Å². The van der Waals surface area contributed by atoms with E-state index < -0.39 is 23.7 Å². The van der Waals surface area contributed by atoms with Crippen LogP contribution in [-0.4, -0.2) is 40.7 Å². The third-order valence-corrected chi connectivity index (χ3v) is 5.29. The number of imide groups is 1. The summed E-state index contributed by atoms with van der Waals surface area (Å²) in [7, 11) is 0. The lowest BCUT2D eigenvalue weighted by Crippen LogP contribution is -2.58. The molecule has 4 rings (SSSR count). The zero-order chi connectivity index (χ0) is 19.7. The van der Waals surface area contributed by atoms with Crippen LogP contribution >= 0.6 is 0 Å². The molecule has 28 heavy (non-hydrogen) atoms. The molecule has 144 valence electrons. The van der Waals surface area contributed by atoms with Crippen molar-refractivity contribution in [1.82, 2.24) is 15.1 Å². The lowest BCUT2D eigenvalue weighted by atomic mass is 9.97. The van der Waals surface area contributed by atoms with Crippen LogP contribution in [0.1, 0.15) is 16.7 Å². The molecule has 6 nitrogen and oxygen atoms in total. The summed E-state index contributed by atoms with van der Waals surface area (Å²) in [6.45, 7) is 0.729. The molecule has 1 saturated heterocycles. The van der Waals surface area contributed by atoms with Crippen LogP contribution in [0.3, 0.4) is 0 Å². The van der Waals surface area contributed by atoms with Crippen LogP contribution in [0.5, 0.6) is 0 Å². The Labute approximate surface area is 161 Å². The van der Waals surface area contributed by atoms with Gasteiger partial charge in [0, 0.05) is 25.2 Å². The lowest BCUT2D eigenvalue weighted by molar-refractivity contribution is -0.147. The van der Waals surface area contributed by atoms with Gasteiger partial charge in [-0.25, -0.2) is 9.18 Å². The van der Waals surface area contributed by atoms with Crippen molar-refractivity contribution in [2.75, 3.05) is 13.1 Å². The summed E-state index contributed by atoms with van der Waals surface area (Å²) in [5, 5.41) is 2.59. The maximum absolute atomic E-state index is 13.9. The summed E-state index contributed by atoms with van der Waals surface area (Å²) in [6.07, 6.45) is 0.730. The predicted octanol–water partition coefficient (Wildman–Crippen LogP) is 2.08. The van der Waals surface area contributed by atoms with Gasteiger partial charge in [0.05, 0.1) is 6.54 Å². The number of fused-ring (bicyclic) bond motifs is 1. The summed E-state index contributed by atoms with van der Waals surface area (Å²) in [4.78, 5) is 40.6. The van der Waals surface area contributed by atoms with Crippen molar-refractivity contribution in [1.29, 1.82) is 0 Å². The average molecular weight is 381 g/mol. The number of benzene rings is 2. The van der Waals surface area contributed by atoms with Crippen LogP contribution in [-0.2, 0) is 29.1 Å². The average Bonchev–Trinajstić information content (AvgIpc) is 2.71. The van der Waals surface area contributed by atoms with E-state index in [4.69, 9.17) is 0 Å². The summed E-state index contributed by atoms with van der Waals surface area (Å²) in [6, 6.07) is 13.3. The van der Waals surface area contributed by atoms with Crippen molar-refractivity contribution >= 4 is 17.8 Å². The van der Waals surface area contributed by atoms with Gasteiger partial charge in [0.25, 0.3) is 0 Å². The molecule has 2 aliphatic heterocycles. The zero-order valence-electron chi connectivity index (χ0n) is 15.2. The molecule has 2 aromatic rings. The SMILES string of the molecule is O=C(C1CNC(=O)N(Cc2ccccc2F)C1=O)N1CCc2ccccc2C1. The molecular formula is C21H20FN3O3. The van der Waals surface area contributed by atoms with Gasteiger partial charge in [-0.1, -0.05) is 42.5 Å². The molecule has 0 spiro atoms. The number of hydrogen-bond donors (Lipinski definition) is 1. The first-order valence-corrected chi connectivity index (χ1v) is 9.23. The molecule has 1 N–H and O–H groups in total. The van der Waals surface area contributed by atoms with E-state index in [2.05, 4.69) is 5.32 Å². The molecule has 1 fully saturated rings. The molecule has 2 aromatic carbocycles. The minimum atomic E-state index is -0.991. The van der Waals surface area contributed by atoms with Crippen molar-refractivity contribution in [2.24, 2.45) is 5.92 Å². The topological polar surface area (TPSA) is 69.7 Å². The Hall–Kier alpha value is -3.22. The van der Waals surface area contributed by atoms with Crippen LogP contribution in [0.2, 0.25) is 0 Å². The highest BCUT2D eigenvalue weighted by atomic mass is 19.1. The lowest BCUT2D eigenvalue weighted by Gasteiger charge is -2.35. The molecule has 2 aliphatic rings. The smallest absolute Gasteiger partial charge is 0.324 e. The highest BCUT2D eigenvalue weighted by Gasteiger charge is 2.41. The first-order chi connectivity index (χ1) is 13.5. The molecule has 0 aliphatic carbocycles. The number of urea groups is 1. The van der Waals surface area contributed by atoms with E-state index in [1.807, 2.05) is 24.3 Å². The first-order valence-electron chi connectivity index (χ1n) is 9.23. The summed E-state index contributed by atoms with van der Waals surface area (Å²) >= 11 is 0. The number of hydrogen-bond acceptors (Lipinski definition) is 3. The van der Waals surface area contributed by atoms with E-state index in [0.29, 0.717) is 13.1 Å². The number of carbonyl (C=O) groups excluding carboxylic acids is 3. The zero-order valence-corrected chi connectivity index (χ0v) is 15.2. The third kappa shape index (κ3) is 3.35. The summed E-state index contributed by atoms with van der Waals surface area (Å²) < 4.78 is 13.9. The van der Waals surface area contributed by atoms with Crippen LogP contribution in [0.4, 0.5) is 9.18 Å². The largest absolute Gasteiger partial charge is 0.337 e. The van der Waals surface area contributed by atoms with Gasteiger partial charge in [-0.3, -0.25) is 14.5 Å². The molecule has 0 radical (unpaired) electrons. The molecule has 0 saturated carbocycles. The van der Waals surface area contributed by atoms with Crippen LogP contribution in [0.25, 0.3) is 0 Å². The fourth-order valence-electron chi connectivity index (χ4n) is 3.70. The Morgan fingerprint density at radius 3 is 2.57 bits per heavy atom. The van der Waals surface area contributed by atoms with Crippen LogP contribution in [0, 0.1) is 11.7 Å². The predicted molar refractivity (Wildman–Crippen MR) is 99.4 cm³/mol. The van der Waals surface area contributed by atoms with Gasteiger partial charge in [0.2, 0.25) is 11.8 Å². The molecule has 1 unspecified atom stereocenters. The quantitative estimate of drug-likeness (QED) is 0.828. The Kier molecular flexibility index (Phi) is 4.81. The molecule has 2 heterocycles. The van der Waals surface area contributed by atoms with Gasteiger partial charge >= 0.3 is 6.03 Å². The Bertz CT molecular complexity index is 946. The molecular weight excluding hydrogens is 361 g/mol. The fourth-order valence-corrected chi connectivity index (χ4v) is 3.70. The van der Waals surface area contributed by atoms with Crippen molar-refractivity contribution in [2.45, 2.75) is 19.5 Å². The Morgan fingerprint density at radius 2 is 1.79 bits per heavy atom. The fraction of sp³-hybridized carbons (Fsp3) is 0.286. The third-order valence-electron chi connectivity index (χ3n) is 5.29. The molecule has 4 amide bonds. The van der Waals surface area contributed by atoms with Crippen molar-refractivity contribution in [3.8, 4) is 0 Å². The number of nitrogens with zero attached hydrogens (tertiary/aromatic N) is 2. The van der Waals surface area contributed by atoms with Gasteiger partial charge in [0.15, 0.2) is 0 Å². The van der Waals surface area contributed by atoms with E-state index in [9.17, 15) is 18.8 Å². The monoisotopic (exact) mass is 381 g/mol. The van der Waals surface area contributed by atoms with E-state index in [1.165, 1.54) is 23.8 Å². The van der Waals surface area contributed by atoms with Crippen molar-refractivity contribution in [3.05, 3.63) is 71.0 Å². The highest BCUT2D eigenvalue weighted by molar-refractivity contribution is 6.08. The Morgan fingerprint density at radius 1 is 1.07 bits per heavy atom. The number of nitrogens with one attached hydrogen (secondary N) is 1. The van der Waals surface area contributed by atoms with E-state index in [0.717, 1.165) is 16.9 Å². The highest BCUT2D eigenvalue weighted by Crippen LogP contribution is 2.22. The van der Waals surface area contributed by atoms with Crippen LogP contribution in [0.15, 0.2) is 48.5 Å². The molecule has 1 atom stereocenters. The normalized spacial score (nSPS) is 19.2. The molecule has 7 heteroatoms. The summed E-state index contributed by atoms with van der Waals surface area (Å²) in [5.74, 6) is -2.38. The van der Waals surface area contributed by atoms with E-state index in [1.54, 1.807) is 11.0 Å². The second-order valence-corrected chi connectivity index (χ2v) is 7.03. The van der Waals surface area contributed by atoms with Gasteiger partial charge in [0.1, 0.15) is 11.7 Å². The van der Waals surface area contributed by atoms with E-state index in [-0.39, 0.29) is 24.6 Å². The number of halogens is 1. The number of amides is 4. The van der Waals surface area contributed by atoms with Crippen LogP contribution < -0.4 is 5.32 Å². The van der Waals surface area contributed by atoms with Gasteiger partial charge in [-0.2, -0.15) is 0 Å². The minimum Gasteiger partial charge on any atom is -0.337 e. The first kappa shape index (κ1) is 18.2. The number of carbonyl (C=O) groups is 3. The second-order valence-electron chi connectivity index (χ2n) is 7.03. The summed E-state index contributed by atoms with van der Waals surface area (Å²) in [5.41, 5.74) is 2.50.